The minimum Gasteiger partial charge on any atom is -0.872 e. The van der Waals surface area contributed by atoms with E-state index in [0.29, 0.717) is 0 Å². The maximum absolute atomic E-state index is 11.5. The third-order valence-corrected chi connectivity index (χ3v) is 4.52. The van der Waals surface area contributed by atoms with Gasteiger partial charge in [-0.3, -0.25) is 0 Å². The largest absolute Gasteiger partial charge is 3.00 e. The van der Waals surface area contributed by atoms with E-state index in [1.165, 1.54) is 36.4 Å². The first kappa shape index (κ1) is 39.0. The molecule has 0 unspecified atom stereocenters. The second kappa shape index (κ2) is 16.6. The Labute approximate surface area is 264 Å². The molecule has 0 aliphatic heterocycles. The number of hydrogen-bond acceptors (Lipinski definition) is 9. The van der Waals surface area contributed by atoms with Crippen molar-refractivity contribution in [2.24, 2.45) is 0 Å². The van der Waals surface area contributed by atoms with E-state index in [9.17, 15) is 29.7 Å². The van der Waals surface area contributed by atoms with Crippen LogP contribution in [0.15, 0.2) is 72.8 Å². The van der Waals surface area contributed by atoms with Crippen LogP contribution in [0, 0.1) is 0 Å². The molecule has 0 saturated carbocycles. The van der Waals surface area contributed by atoms with Gasteiger partial charge in [-0.05, 0) is 80.5 Å². The number of esters is 3. The summed E-state index contributed by atoms with van der Waals surface area (Å²) in [6.07, 6.45) is 0. The molecular weight excluding hydrogens is 592 g/mol. The standard InChI is InChI=1S/3C11H14O3.Cr/c3*1-11(2,3)14-10(13)8-6-4-5-7-9(8)12;/h3*4-7,12H,1-3H3;/q;;;+3/p-3. The molecule has 0 fully saturated rings. The van der Waals surface area contributed by atoms with E-state index in [4.69, 9.17) is 14.2 Å². The molecule has 0 heterocycles. The Balaban J connectivity index is 0.000000608. The van der Waals surface area contributed by atoms with Crippen LogP contribution in [0.3, 0.4) is 0 Å². The molecule has 0 saturated heterocycles. The maximum atomic E-state index is 11.5. The van der Waals surface area contributed by atoms with Crippen LogP contribution < -0.4 is 15.3 Å². The average Bonchev–Trinajstić information content (AvgIpc) is 2.82. The van der Waals surface area contributed by atoms with Crippen LogP contribution in [0.5, 0.6) is 17.2 Å². The quantitative estimate of drug-likeness (QED) is 0.283. The average molecular weight is 632 g/mol. The summed E-state index contributed by atoms with van der Waals surface area (Å²) in [5, 5.41) is 33.7. The molecule has 231 valence electrons. The van der Waals surface area contributed by atoms with E-state index < -0.39 is 34.7 Å². The zero-order chi connectivity index (χ0) is 32.3. The predicted molar refractivity (Wildman–Crippen MR) is 153 cm³/mol. The van der Waals surface area contributed by atoms with Gasteiger partial charge in [-0.25, -0.2) is 14.4 Å². The van der Waals surface area contributed by atoms with Crippen molar-refractivity contribution in [3.8, 4) is 17.2 Å². The van der Waals surface area contributed by atoms with Crippen LogP contribution in [0.25, 0.3) is 0 Å². The Hall–Kier alpha value is -4.00. The normalized spacial score (nSPS) is 10.8. The molecule has 10 heteroatoms. The Bertz CT molecular complexity index is 1180. The Morgan fingerprint density at radius 2 is 0.628 bits per heavy atom. The fraction of sp³-hybridized carbons (Fsp3) is 0.364. The van der Waals surface area contributed by atoms with Gasteiger partial charge < -0.3 is 29.5 Å². The maximum Gasteiger partial charge on any atom is 3.00 e. The van der Waals surface area contributed by atoms with Gasteiger partial charge in [0.2, 0.25) is 0 Å². The van der Waals surface area contributed by atoms with E-state index in [-0.39, 0.29) is 51.3 Å². The molecule has 0 aromatic heterocycles. The van der Waals surface area contributed by atoms with E-state index >= 15 is 0 Å². The van der Waals surface area contributed by atoms with Crippen molar-refractivity contribution in [3.63, 3.8) is 0 Å². The van der Waals surface area contributed by atoms with Crippen LogP contribution in [0.1, 0.15) is 93.4 Å². The summed E-state index contributed by atoms with van der Waals surface area (Å²) in [5.74, 6) is -2.61. The molecule has 0 aliphatic carbocycles. The van der Waals surface area contributed by atoms with Gasteiger partial charge in [0.1, 0.15) is 16.8 Å². The topological polar surface area (TPSA) is 148 Å². The molecule has 3 rings (SSSR count). The third kappa shape index (κ3) is 15.7. The first-order valence-corrected chi connectivity index (χ1v) is 13.2. The number of carbonyl (C=O) groups excluding carboxylic acids is 3. The summed E-state index contributed by atoms with van der Waals surface area (Å²) in [5.41, 5.74) is -1.45. The summed E-state index contributed by atoms with van der Waals surface area (Å²) < 4.78 is 15.2. The van der Waals surface area contributed by atoms with Gasteiger partial charge in [-0.2, -0.15) is 0 Å². The molecule has 3 aromatic rings. The Morgan fingerprint density at radius 3 is 0.791 bits per heavy atom. The van der Waals surface area contributed by atoms with Crippen molar-refractivity contribution in [1.82, 2.24) is 0 Å². The van der Waals surface area contributed by atoms with Crippen molar-refractivity contribution < 1.29 is 61.3 Å². The number of ether oxygens (including phenoxy) is 3. The van der Waals surface area contributed by atoms with Crippen molar-refractivity contribution >= 4 is 17.9 Å². The van der Waals surface area contributed by atoms with Crippen molar-refractivity contribution in [1.29, 1.82) is 0 Å². The predicted octanol–water partition coefficient (Wildman–Crippen LogP) is 5.14. The van der Waals surface area contributed by atoms with Crippen LogP contribution in [0.4, 0.5) is 0 Å². The number of carbonyl (C=O) groups is 3. The van der Waals surface area contributed by atoms with Crippen LogP contribution in [0.2, 0.25) is 0 Å². The van der Waals surface area contributed by atoms with Crippen LogP contribution in [-0.2, 0) is 31.6 Å². The molecule has 0 bridgehead atoms. The second-order valence-electron chi connectivity index (χ2n) is 12.0. The molecule has 0 atom stereocenters. The van der Waals surface area contributed by atoms with E-state index in [2.05, 4.69) is 0 Å². The molecule has 1 radical (unpaired) electrons. The monoisotopic (exact) mass is 631 g/mol. The molecule has 0 N–H and O–H groups in total. The number of hydrogen-bond donors (Lipinski definition) is 0. The zero-order valence-electron chi connectivity index (χ0n) is 26.0. The summed E-state index contributed by atoms with van der Waals surface area (Å²) in [7, 11) is 0. The van der Waals surface area contributed by atoms with E-state index in [1.54, 1.807) is 98.7 Å². The molecule has 43 heavy (non-hydrogen) atoms. The van der Waals surface area contributed by atoms with Gasteiger partial charge in [-0.15, -0.1) is 0 Å². The molecular formula is C33H39CrO9. The molecule has 0 amide bonds. The van der Waals surface area contributed by atoms with Gasteiger partial charge in [-0.1, -0.05) is 71.8 Å². The van der Waals surface area contributed by atoms with Gasteiger partial charge in [0.25, 0.3) is 0 Å². The van der Waals surface area contributed by atoms with Gasteiger partial charge >= 0.3 is 35.3 Å². The summed E-state index contributed by atoms with van der Waals surface area (Å²) in [6.45, 7) is 15.9. The third-order valence-electron chi connectivity index (χ3n) is 4.52. The minimum atomic E-state index is -0.570. The smallest absolute Gasteiger partial charge is 0.872 e. The van der Waals surface area contributed by atoms with Gasteiger partial charge in [0.05, 0.1) is 16.7 Å². The fourth-order valence-electron chi connectivity index (χ4n) is 2.91. The number of benzene rings is 3. The summed E-state index contributed by atoms with van der Waals surface area (Å²) in [4.78, 5) is 34.4. The first-order chi connectivity index (χ1) is 19.2. The van der Waals surface area contributed by atoms with E-state index in [0.717, 1.165) is 0 Å². The van der Waals surface area contributed by atoms with Crippen molar-refractivity contribution in [3.05, 3.63) is 89.5 Å². The summed E-state index contributed by atoms with van der Waals surface area (Å²) >= 11 is 0. The SMILES string of the molecule is CC(C)(C)OC(=O)c1ccccc1[O-].CC(C)(C)OC(=O)c1ccccc1[O-].CC(C)(C)OC(=O)c1ccccc1[O-].[Cr+3]. The Kier molecular flexibility index (Phi) is 15.0. The van der Waals surface area contributed by atoms with Crippen molar-refractivity contribution in [2.45, 2.75) is 79.1 Å². The number of rotatable bonds is 3. The Morgan fingerprint density at radius 1 is 0.442 bits per heavy atom. The first-order valence-electron chi connectivity index (χ1n) is 13.2. The van der Waals surface area contributed by atoms with E-state index in [1.807, 2.05) is 0 Å². The molecule has 0 spiro atoms. The molecule has 0 aliphatic rings. The second-order valence-corrected chi connectivity index (χ2v) is 12.0. The zero-order valence-corrected chi connectivity index (χ0v) is 27.3. The molecule has 9 nitrogen and oxygen atoms in total. The van der Waals surface area contributed by atoms with Crippen molar-refractivity contribution in [2.75, 3.05) is 0 Å². The summed E-state index contributed by atoms with van der Waals surface area (Å²) in [6, 6.07) is 18.1. The number of para-hydroxylation sites is 3. The molecule has 3 aromatic carbocycles. The minimum absolute atomic E-state index is 0. The van der Waals surface area contributed by atoms with Gasteiger partial charge in [0, 0.05) is 0 Å². The van der Waals surface area contributed by atoms with Crippen LogP contribution in [-0.4, -0.2) is 34.7 Å². The van der Waals surface area contributed by atoms with Crippen LogP contribution >= 0.6 is 0 Å². The fourth-order valence-corrected chi connectivity index (χ4v) is 2.91. The van der Waals surface area contributed by atoms with Gasteiger partial charge in [0.15, 0.2) is 0 Å².